The smallest absolute Gasteiger partial charge is 0.235 e. The van der Waals surface area contributed by atoms with Gasteiger partial charge in [-0.05, 0) is 17.5 Å². The number of rotatable bonds is 2. The molecule has 0 saturated carbocycles. The molecule has 0 aliphatic heterocycles. The zero-order chi connectivity index (χ0) is 9.26. The molecule has 0 aliphatic rings. The summed E-state index contributed by atoms with van der Waals surface area (Å²) in [4.78, 5) is 21.8. The van der Waals surface area contributed by atoms with Crippen LogP contribution in [0.5, 0.6) is 0 Å². The summed E-state index contributed by atoms with van der Waals surface area (Å²) < 4.78 is 1.03. The van der Waals surface area contributed by atoms with E-state index >= 15 is 0 Å². The number of thiophene rings is 1. The van der Waals surface area contributed by atoms with Gasteiger partial charge in [0.25, 0.3) is 0 Å². The Labute approximate surface area is 78.8 Å². The van der Waals surface area contributed by atoms with Crippen molar-refractivity contribution >= 4 is 33.5 Å². The molecule has 0 N–H and O–H groups in total. The van der Waals surface area contributed by atoms with Crippen LogP contribution in [0.2, 0.25) is 0 Å². The average Bonchev–Trinajstić information content (AvgIpc) is 2.59. The van der Waals surface area contributed by atoms with Crippen LogP contribution in [0, 0.1) is 0 Å². The molecule has 2 rings (SSSR count). The molecule has 13 heavy (non-hydrogen) atoms. The van der Waals surface area contributed by atoms with Crippen LogP contribution < -0.4 is 0 Å². The molecule has 0 unspecified atom stereocenters. The van der Waals surface area contributed by atoms with Gasteiger partial charge in [0.1, 0.15) is 0 Å². The monoisotopic (exact) mass is 190 g/mol. The Hall–Kier alpha value is -1.48. The Morgan fingerprint density at radius 3 is 2.77 bits per heavy atom. The van der Waals surface area contributed by atoms with E-state index in [-0.39, 0.29) is 0 Å². The third-order valence-electron chi connectivity index (χ3n) is 1.78. The zero-order valence-corrected chi connectivity index (χ0v) is 7.51. The quantitative estimate of drug-likeness (QED) is 0.413. The lowest BCUT2D eigenvalue weighted by Gasteiger charge is -1.82. The predicted molar refractivity (Wildman–Crippen MR) is 52.2 cm³/mol. The van der Waals surface area contributed by atoms with Gasteiger partial charge < -0.3 is 0 Å². The predicted octanol–water partition coefficient (Wildman–Crippen LogP) is 2.28. The van der Waals surface area contributed by atoms with Gasteiger partial charge in [-0.15, -0.1) is 11.3 Å². The molecule has 64 valence electrons. The topological polar surface area (TPSA) is 34.1 Å². The highest BCUT2D eigenvalue weighted by Crippen LogP contribution is 2.24. The van der Waals surface area contributed by atoms with Crippen LogP contribution in [0.15, 0.2) is 30.3 Å². The minimum atomic E-state index is -0.443. The maximum atomic E-state index is 11.0. The van der Waals surface area contributed by atoms with Crippen LogP contribution >= 0.6 is 11.3 Å². The highest BCUT2D eigenvalue weighted by Gasteiger charge is 2.07. The molecule has 0 amide bonds. The first kappa shape index (κ1) is 8.13. The average molecular weight is 190 g/mol. The van der Waals surface area contributed by atoms with Gasteiger partial charge in [0.05, 0.1) is 4.88 Å². The van der Waals surface area contributed by atoms with Gasteiger partial charge in [-0.1, -0.05) is 18.2 Å². The highest BCUT2D eigenvalue weighted by molar-refractivity contribution is 7.21. The summed E-state index contributed by atoms with van der Waals surface area (Å²) in [7, 11) is 0. The molecule has 0 radical (unpaired) electrons. The van der Waals surface area contributed by atoms with Gasteiger partial charge in [0.2, 0.25) is 5.78 Å². The normalized spacial score (nSPS) is 10.2. The summed E-state index contributed by atoms with van der Waals surface area (Å²) in [6, 6.07) is 9.42. The number of carbonyl (C=O) groups excluding carboxylic acids is 2. The second-order valence-electron chi connectivity index (χ2n) is 2.63. The molecule has 1 aromatic heterocycles. The Balaban J connectivity index is 2.62. The second kappa shape index (κ2) is 3.11. The lowest BCUT2D eigenvalue weighted by atomic mass is 10.2. The van der Waals surface area contributed by atoms with Gasteiger partial charge in [0.15, 0.2) is 6.29 Å². The van der Waals surface area contributed by atoms with Crippen molar-refractivity contribution in [2.45, 2.75) is 0 Å². The van der Waals surface area contributed by atoms with Crippen molar-refractivity contribution in [1.29, 1.82) is 0 Å². The molecule has 2 nitrogen and oxygen atoms in total. The van der Waals surface area contributed by atoms with Gasteiger partial charge in [-0.25, -0.2) is 0 Å². The number of fused-ring (bicyclic) bond motifs is 1. The summed E-state index contributed by atoms with van der Waals surface area (Å²) >= 11 is 1.35. The number of benzene rings is 1. The minimum absolute atomic E-state index is 0.352. The molecule has 2 aromatic rings. The van der Waals surface area contributed by atoms with Crippen molar-refractivity contribution in [1.82, 2.24) is 0 Å². The Bertz CT molecular complexity index is 437. The number of aldehydes is 1. The first-order valence-electron chi connectivity index (χ1n) is 3.79. The van der Waals surface area contributed by atoms with Gasteiger partial charge >= 0.3 is 0 Å². The van der Waals surface area contributed by atoms with Crippen molar-refractivity contribution in [2.24, 2.45) is 0 Å². The molecule has 0 aliphatic carbocycles. The fourth-order valence-corrected chi connectivity index (χ4v) is 2.12. The van der Waals surface area contributed by atoms with Crippen LogP contribution in [0.25, 0.3) is 10.1 Å². The zero-order valence-electron chi connectivity index (χ0n) is 6.69. The molecule has 0 fully saturated rings. The molecule has 0 bridgehead atoms. The second-order valence-corrected chi connectivity index (χ2v) is 3.71. The van der Waals surface area contributed by atoms with E-state index < -0.39 is 5.78 Å². The molecular formula is C10H6O2S. The number of carbonyl (C=O) groups is 2. The van der Waals surface area contributed by atoms with Crippen LogP contribution in [-0.2, 0) is 4.79 Å². The molecule has 3 heteroatoms. The van der Waals surface area contributed by atoms with E-state index in [1.807, 2.05) is 24.3 Å². The molecule has 0 saturated heterocycles. The number of hydrogen-bond acceptors (Lipinski definition) is 3. The van der Waals surface area contributed by atoms with Gasteiger partial charge in [-0.3, -0.25) is 9.59 Å². The summed E-state index contributed by atoms with van der Waals surface area (Å²) in [5.74, 6) is -0.443. The van der Waals surface area contributed by atoms with E-state index in [0.717, 1.165) is 10.1 Å². The van der Waals surface area contributed by atoms with Crippen molar-refractivity contribution in [3.8, 4) is 0 Å². The van der Waals surface area contributed by atoms with E-state index in [2.05, 4.69) is 0 Å². The third kappa shape index (κ3) is 1.38. The number of hydrogen-bond donors (Lipinski definition) is 0. The Morgan fingerprint density at radius 2 is 2.08 bits per heavy atom. The highest BCUT2D eigenvalue weighted by atomic mass is 32.1. The number of ketones is 1. The van der Waals surface area contributed by atoms with E-state index in [0.29, 0.717) is 11.2 Å². The first-order valence-corrected chi connectivity index (χ1v) is 4.61. The molecule has 1 heterocycles. The van der Waals surface area contributed by atoms with Crippen molar-refractivity contribution in [3.05, 3.63) is 35.2 Å². The summed E-state index contributed by atoms with van der Waals surface area (Å²) in [6.07, 6.45) is 0.352. The Kier molecular flexibility index (Phi) is 1.94. The lowest BCUT2D eigenvalue weighted by Crippen LogP contribution is -1.94. The molecular weight excluding hydrogens is 184 g/mol. The summed E-state index contributed by atoms with van der Waals surface area (Å²) in [5, 5.41) is 1.01. The van der Waals surface area contributed by atoms with Gasteiger partial charge in [-0.2, -0.15) is 0 Å². The third-order valence-corrected chi connectivity index (χ3v) is 2.91. The van der Waals surface area contributed by atoms with Crippen molar-refractivity contribution < 1.29 is 9.59 Å². The van der Waals surface area contributed by atoms with Crippen LogP contribution in [0.3, 0.4) is 0 Å². The van der Waals surface area contributed by atoms with E-state index in [1.54, 1.807) is 6.07 Å². The van der Waals surface area contributed by atoms with Crippen molar-refractivity contribution in [3.63, 3.8) is 0 Å². The number of Topliss-reactive ketones (excluding diaryl/α,β-unsaturated/α-hetero) is 1. The summed E-state index contributed by atoms with van der Waals surface area (Å²) in [6.45, 7) is 0. The van der Waals surface area contributed by atoms with E-state index in [4.69, 9.17) is 0 Å². The standard InChI is InChI=1S/C10H6O2S/c11-6-8(12)10-5-7-3-1-2-4-9(7)13-10/h1-6H. The van der Waals surface area contributed by atoms with Crippen LogP contribution in [0.4, 0.5) is 0 Å². The Morgan fingerprint density at radius 1 is 1.31 bits per heavy atom. The SMILES string of the molecule is O=CC(=O)c1cc2ccccc2s1. The van der Waals surface area contributed by atoms with Crippen LogP contribution in [0.1, 0.15) is 9.67 Å². The van der Waals surface area contributed by atoms with Gasteiger partial charge in [0, 0.05) is 4.70 Å². The largest absolute Gasteiger partial charge is 0.294 e. The maximum Gasteiger partial charge on any atom is 0.235 e. The van der Waals surface area contributed by atoms with Crippen molar-refractivity contribution in [2.75, 3.05) is 0 Å². The molecule has 0 spiro atoms. The van der Waals surface area contributed by atoms with E-state index in [1.165, 1.54) is 11.3 Å². The van der Waals surface area contributed by atoms with Crippen LogP contribution in [-0.4, -0.2) is 12.1 Å². The first-order chi connectivity index (χ1) is 6.31. The maximum absolute atomic E-state index is 11.0. The molecule has 1 aromatic carbocycles. The minimum Gasteiger partial charge on any atom is -0.294 e. The lowest BCUT2D eigenvalue weighted by molar-refractivity contribution is -0.104. The fourth-order valence-electron chi connectivity index (χ4n) is 1.16. The van der Waals surface area contributed by atoms with E-state index in [9.17, 15) is 9.59 Å². The fraction of sp³-hybridized carbons (Fsp3) is 0. The summed E-state index contributed by atoms with van der Waals surface area (Å²) in [5.41, 5.74) is 0. The molecule has 0 atom stereocenters.